The summed E-state index contributed by atoms with van der Waals surface area (Å²) in [6.07, 6.45) is 7.32. The molecule has 3 nitrogen and oxygen atoms in total. The van der Waals surface area contributed by atoms with Crippen LogP contribution in [0.5, 0.6) is 0 Å². The quantitative estimate of drug-likeness (QED) is 0.868. The molecule has 0 aliphatic heterocycles. The van der Waals surface area contributed by atoms with Crippen molar-refractivity contribution in [1.82, 2.24) is 4.98 Å². The van der Waals surface area contributed by atoms with Crippen molar-refractivity contribution in [3.8, 4) is 0 Å². The van der Waals surface area contributed by atoms with Crippen molar-refractivity contribution in [2.24, 2.45) is 5.92 Å². The van der Waals surface area contributed by atoms with Crippen LogP contribution in [0.25, 0.3) is 0 Å². The Bertz CT molecular complexity index is 354. The van der Waals surface area contributed by atoms with Gasteiger partial charge < -0.3 is 10.1 Å². The smallest absolute Gasteiger partial charge is 0.0892 e. The highest BCUT2D eigenvalue weighted by Crippen LogP contribution is 2.26. The summed E-state index contributed by atoms with van der Waals surface area (Å²) in [4.78, 5) is 4.33. The van der Waals surface area contributed by atoms with Crippen LogP contribution in [-0.2, 0) is 11.3 Å². The van der Waals surface area contributed by atoms with Crippen molar-refractivity contribution in [1.29, 1.82) is 0 Å². The minimum atomic E-state index is 0.429. The number of hydrogen-bond donors (Lipinski definition) is 1. The van der Waals surface area contributed by atoms with E-state index in [0.717, 1.165) is 17.3 Å². The molecule has 1 aliphatic rings. The molecule has 0 aromatic carbocycles. The fourth-order valence-electron chi connectivity index (χ4n) is 2.45. The van der Waals surface area contributed by atoms with E-state index in [0.29, 0.717) is 12.7 Å². The molecule has 0 spiro atoms. The summed E-state index contributed by atoms with van der Waals surface area (Å²) < 4.78 is 5.95. The fraction of sp³-hybridized carbons (Fsp3) is 0.643. The molecule has 94 valence electrons. The maximum Gasteiger partial charge on any atom is 0.0892 e. The fourth-order valence-corrected chi connectivity index (χ4v) is 2.45. The molecule has 1 N–H and O–H groups in total. The Morgan fingerprint density at radius 1 is 1.47 bits per heavy atom. The van der Waals surface area contributed by atoms with Gasteiger partial charge in [-0.2, -0.15) is 0 Å². The zero-order valence-electron chi connectivity index (χ0n) is 10.8. The van der Waals surface area contributed by atoms with Crippen LogP contribution < -0.4 is 5.32 Å². The third kappa shape index (κ3) is 3.70. The van der Waals surface area contributed by atoms with Crippen molar-refractivity contribution in [2.45, 2.75) is 45.3 Å². The third-order valence-electron chi connectivity index (χ3n) is 3.46. The van der Waals surface area contributed by atoms with E-state index in [1.54, 1.807) is 0 Å². The topological polar surface area (TPSA) is 34.2 Å². The van der Waals surface area contributed by atoms with E-state index in [1.807, 2.05) is 25.4 Å². The van der Waals surface area contributed by atoms with Gasteiger partial charge in [0.05, 0.1) is 18.4 Å². The molecule has 17 heavy (non-hydrogen) atoms. The second-order valence-corrected chi connectivity index (χ2v) is 4.99. The summed E-state index contributed by atoms with van der Waals surface area (Å²) in [6, 6.07) is 4.01. The van der Waals surface area contributed by atoms with Crippen LogP contribution in [0.2, 0.25) is 0 Å². The molecule has 1 heterocycles. The minimum Gasteiger partial charge on any atom is -0.388 e. The standard InChI is InChI=1S/C14H22N2O/c1-11-4-3-5-14(8-11)17-10-13-9-12(15-2)6-7-16-13/h6-7,9,11,14H,3-5,8,10H2,1-2H3,(H,15,16). The summed E-state index contributed by atoms with van der Waals surface area (Å²) >= 11 is 0. The molecule has 1 aromatic rings. The van der Waals surface area contributed by atoms with Gasteiger partial charge in [0, 0.05) is 18.9 Å². The predicted octanol–water partition coefficient (Wildman–Crippen LogP) is 3.22. The maximum absolute atomic E-state index is 5.95. The van der Waals surface area contributed by atoms with Gasteiger partial charge in [0.25, 0.3) is 0 Å². The van der Waals surface area contributed by atoms with Crippen molar-refractivity contribution in [2.75, 3.05) is 12.4 Å². The first-order valence-electron chi connectivity index (χ1n) is 6.52. The predicted molar refractivity (Wildman–Crippen MR) is 70.0 cm³/mol. The SMILES string of the molecule is CNc1ccnc(COC2CCCC(C)C2)c1. The molecule has 2 atom stereocenters. The second-order valence-electron chi connectivity index (χ2n) is 4.99. The van der Waals surface area contributed by atoms with Crippen LogP contribution >= 0.6 is 0 Å². The molecule has 1 fully saturated rings. The maximum atomic E-state index is 5.95. The Hall–Kier alpha value is -1.09. The van der Waals surface area contributed by atoms with Gasteiger partial charge in [-0.1, -0.05) is 19.8 Å². The third-order valence-corrected chi connectivity index (χ3v) is 3.46. The first-order valence-corrected chi connectivity index (χ1v) is 6.52. The van der Waals surface area contributed by atoms with Gasteiger partial charge >= 0.3 is 0 Å². The molecule has 0 saturated heterocycles. The van der Waals surface area contributed by atoms with Crippen LogP contribution in [0.1, 0.15) is 38.3 Å². The van der Waals surface area contributed by atoms with Crippen LogP contribution in [0.4, 0.5) is 5.69 Å². The molecule has 2 rings (SSSR count). The minimum absolute atomic E-state index is 0.429. The summed E-state index contributed by atoms with van der Waals surface area (Å²) in [6.45, 7) is 2.95. The first-order chi connectivity index (χ1) is 8.28. The molecule has 2 unspecified atom stereocenters. The second kappa shape index (κ2) is 6.01. The number of anilines is 1. The van der Waals surface area contributed by atoms with Gasteiger partial charge in [-0.3, -0.25) is 4.98 Å². The molecular formula is C14H22N2O. The van der Waals surface area contributed by atoms with Gasteiger partial charge in [-0.15, -0.1) is 0 Å². The van der Waals surface area contributed by atoms with Gasteiger partial charge in [0.15, 0.2) is 0 Å². The van der Waals surface area contributed by atoms with E-state index in [4.69, 9.17) is 4.74 Å². The molecule has 0 bridgehead atoms. The number of aromatic nitrogens is 1. The van der Waals surface area contributed by atoms with Crippen molar-refractivity contribution in [3.05, 3.63) is 24.0 Å². The lowest BCUT2D eigenvalue weighted by Crippen LogP contribution is -2.21. The summed E-state index contributed by atoms with van der Waals surface area (Å²) in [7, 11) is 1.92. The highest BCUT2D eigenvalue weighted by Gasteiger charge is 2.19. The van der Waals surface area contributed by atoms with E-state index in [9.17, 15) is 0 Å². The Labute approximate surface area is 104 Å². The van der Waals surface area contributed by atoms with Gasteiger partial charge in [-0.05, 0) is 30.9 Å². The Morgan fingerprint density at radius 2 is 2.35 bits per heavy atom. The molecule has 1 aromatic heterocycles. The number of ether oxygens (including phenoxy) is 1. The normalized spacial score (nSPS) is 24.6. The number of nitrogens with one attached hydrogen (secondary N) is 1. The molecule has 1 saturated carbocycles. The lowest BCUT2D eigenvalue weighted by Gasteiger charge is -2.26. The average Bonchev–Trinajstić information content (AvgIpc) is 2.37. The van der Waals surface area contributed by atoms with Gasteiger partial charge in [0.1, 0.15) is 0 Å². The Morgan fingerprint density at radius 3 is 3.12 bits per heavy atom. The number of hydrogen-bond acceptors (Lipinski definition) is 3. The van der Waals surface area contributed by atoms with E-state index in [2.05, 4.69) is 17.2 Å². The van der Waals surface area contributed by atoms with Crippen molar-refractivity contribution >= 4 is 5.69 Å². The molecule has 3 heteroatoms. The van der Waals surface area contributed by atoms with Crippen LogP contribution in [0.15, 0.2) is 18.3 Å². The highest BCUT2D eigenvalue weighted by atomic mass is 16.5. The van der Waals surface area contributed by atoms with Crippen LogP contribution in [-0.4, -0.2) is 18.1 Å². The molecule has 1 aliphatic carbocycles. The van der Waals surface area contributed by atoms with E-state index >= 15 is 0 Å². The van der Waals surface area contributed by atoms with E-state index < -0.39 is 0 Å². The van der Waals surface area contributed by atoms with Gasteiger partial charge in [0.2, 0.25) is 0 Å². The molecule has 0 radical (unpaired) electrons. The zero-order valence-corrected chi connectivity index (χ0v) is 10.8. The Balaban J connectivity index is 1.84. The summed E-state index contributed by atoms with van der Waals surface area (Å²) in [5.74, 6) is 0.811. The van der Waals surface area contributed by atoms with Crippen molar-refractivity contribution < 1.29 is 4.74 Å². The number of rotatable bonds is 4. The van der Waals surface area contributed by atoms with Gasteiger partial charge in [-0.25, -0.2) is 0 Å². The average molecular weight is 234 g/mol. The van der Waals surface area contributed by atoms with Crippen LogP contribution in [0.3, 0.4) is 0 Å². The summed E-state index contributed by atoms with van der Waals surface area (Å²) in [5.41, 5.74) is 2.10. The molecule has 0 amide bonds. The first kappa shape index (κ1) is 12.4. The lowest BCUT2D eigenvalue weighted by atomic mass is 9.89. The summed E-state index contributed by atoms with van der Waals surface area (Å²) in [5, 5.41) is 3.12. The lowest BCUT2D eigenvalue weighted by molar-refractivity contribution is 0.00323. The van der Waals surface area contributed by atoms with E-state index in [1.165, 1.54) is 25.7 Å². The highest BCUT2D eigenvalue weighted by molar-refractivity contribution is 5.42. The van der Waals surface area contributed by atoms with Crippen molar-refractivity contribution in [3.63, 3.8) is 0 Å². The Kier molecular flexibility index (Phi) is 4.37. The largest absolute Gasteiger partial charge is 0.388 e. The monoisotopic (exact) mass is 234 g/mol. The molecular weight excluding hydrogens is 212 g/mol. The van der Waals surface area contributed by atoms with Crippen LogP contribution in [0, 0.1) is 5.92 Å². The number of pyridine rings is 1. The number of nitrogens with zero attached hydrogens (tertiary/aromatic N) is 1. The van der Waals surface area contributed by atoms with E-state index in [-0.39, 0.29) is 0 Å². The zero-order chi connectivity index (χ0) is 12.1.